The number of aliphatic carboxylic acids is 1. The van der Waals surface area contributed by atoms with Crippen molar-refractivity contribution in [2.45, 2.75) is 18.4 Å². The number of carbonyl (C=O) groups excluding carboxylic acids is 1. The van der Waals surface area contributed by atoms with Gasteiger partial charge >= 0.3 is 12.1 Å². The number of hydrogen-bond donors (Lipinski definition) is 2. The van der Waals surface area contributed by atoms with Crippen molar-refractivity contribution < 1.29 is 23.8 Å². The maximum absolute atomic E-state index is 12.5. The number of benzene rings is 3. The molecule has 0 aliphatic heterocycles. The number of halogens is 1. The van der Waals surface area contributed by atoms with Crippen LogP contribution in [0.25, 0.3) is 22.1 Å². The van der Waals surface area contributed by atoms with Crippen LogP contribution >= 0.6 is 15.9 Å². The summed E-state index contributed by atoms with van der Waals surface area (Å²) in [4.78, 5) is 24.3. The molecule has 0 saturated heterocycles. The van der Waals surface area contributed by atoms with Crippen LogP contribution in [-0.2, 0) is 16.0 Å². The Kier molecular flexibility index (Phi) is 5.64. The molecule has 0 radical (unpaired) electrons. The van der Waals surface area contributed by atoms with Gasteiger partial charge in [-0.1, -0.05) is 64.5 Å². The highest BCUT2D eigenvalue weighted by Crippen LogP contribution is 2.44. The van der Waals surface area contributed by atoms with Crippen LogP contribution < -0.4 is 5.32 Å². The van der Waals surface area contributed by atoms with Gasteiger partial charge in [0.2, 0.25) is 0 Å². The van der Waals surface area contributed by atoms with Crippen molar-refractivity contribution in [3.05, 3.63) is 94.2 Å². The molecule has 0 fully saturated rings. The Hall–Kier alpha value is -3.58. The number of rotatable bonds is 6. The van der Waals surface area contributed by atoms with Gasteiger partial charge in [-0.3, -0.25) is 0 Å². The Balaban J connectivity index is 1.27. The number of fused-ring (bicyclic) bond motifs is 4. The van der Waals surface area contributed by atoms with Crippen molar-refractivity contribution >= 4 is 39.0 Å². The molecule has 1 atom stereocenters. The molecule has 1 amide bonds. The van der Waals surface area contributed by atoms with E-state index in [4.69, 9.17) is 9.15 Å². The molecule has 1 unspecified atom stereocenters. The third-order valence-electron chi connectivity index (χ3n) is 5.87. The van der Waals surface area contributed by atoms with Crippen molar-refractivity contribution in [3.8, 4) is 11.1 Å². The molecule has 2 N–H and O–H groups in total. The van der Waals surface area contributed by atoms with E-state index in [2.05, 4.69) is 33.4 Å². The highest BCUT2D eigenvalue weighted by molar-refractivity contribution is 9.10. The van der Waals surface area contributed by atoms with E-state index in [0.717, 1.165) is 32.1 Å². The molecule has 1 aliphatic carbocycles. The van der Waals surface area contributed by atoms with Gasteiger partial charge in [0.1, 0.15) is 24.0 Å². The highest BCUT2D eigenvalue weighted by Gasteiger charge is 2.30. The van der Waals surface area contributed by atoms with E-state index in [1.165, 1.54) is 0 Å². The van der Waals surface area contributed by atoms with Crippen LogP contribution in [0.1, 0.15) is 22.8 Å². The molecule has 1 aliphatic rings. The van der Waals surface area contributed by atoms with Crippen LogP contribution in [0.5, 0.6) is 0 Å². The number of carbonyl (C=O) groups is 2. The van der Waals surface area contributed by atoms with Crippen LogP contribution in [0.4, 0.5) is 4.79 Å². The van der Waals surface area contributed by atoms with Gasteiger partial charge in [0.05, 0.1) is 0 Å². The van der Waals surface area contributed by atoms with Crippen molar-refractivity contribution in [2.24, 2.45) is 0 Å². The summed E-state index contributed by atoms with van der Waals surface area (Å²) in [5.41, 5.74) is 5.09. The van der Waals surface area contributed by atoms with Gasteiger partial charge < -0.3 is 19.6 Å². The zero-order chi connectivity index (χ0) is 22.9. The fourth-order valence-corrected chi connectivity index (χ4v) is 4.73. The predicted octanol–water partition coefficient (Wildman–Crippen LogP) is 5.73. The molecule has 0 bridgehead atoms. The van der Waals surface area contributed by atoms with Gasteiger partial charge in [-0.05, 0) is 46.5 Å². The Morgan fingerprint density at radius 2 is 1.67 bits per heavy atom. The monoisotopic (exact) mass is 505 g/mol. The average molecular weight is 506 g/mol. The van der Waals surface area contributed by atoms with E-state index >= 15 is 0 Å². The zero-order valence-corrected chi connectivity index (χ0v) is 19.0. The molecule has 0 spiro atoms. The summed E-state index contributed by atoms with van der Waals surface area (Å²) < 4.78 is 12.1. The lowest BCUT2D eigenvalue weighted by molar-refractivity contribution is -0.139. The smallest absolute Gasteiger partial charge is 0.407 e. The average Bonchev–Trinajstić information content (AvgIpc) is 3.35. The lowest BCUT2D eigenvalue weighted by Crippen LogP contribution is -2.42. The standard InChI is InChI=1S/C26H20BrNO5/c27-16-9-10-24-15(11-16)12-17(33-24)13-23(25(29)30)28-26(31)32-14-22-20-7-3-1-5-18(20)19-6-2-4-8-21(19)22/h1-12,22-23H,13-14H2,(H,28,31)(H,29,30). The van der Waals surface area contributed by atoms with Crippen LogP contribution in [0, 0.1) is 0 Å². The molecule has 166 valence electrons. The molecule has 1 aromatic heterocycles. The quantitative estimate of drug-likeness (QED) is 0.349. The van der Waals surface area contributed by atoms with Crippen molar-refractivity contribution in [1.29, 1.82) is 0 Å². The summed E-state index contributed by atoms with van der Waals surface area (Å²) in [5, 5.41) is 12.9. The minimum Gasteiger partial charge on any atom is -0.480 e. The molecule has 4 aromatic rings. The largest absolute Gasteiger partial charge is 0.480 e. The number of nitrogens with one attached hydrogen (secondary N) is 1. The number of alkyl carbamates (subject to hydrolysis) is 1. The molecular formula is C26H20BrNO5. The predicted molar refractivity (Wildman–Crippen MR) is 127 cm³/mol. The summed E-state index contributed by atoms with van der Waals surface area (Å²) >= 11 is 3.40. The molecule has 7 heteroatoms. The molecule has 33 heavy (non-hydrogen) atoms. The number of carboxylic acid groups (broad SMARTS) is 1. The lowest BCUT2D eigenvalue weighted by Gasteiger charge is -2.17. The summed E-state index contributed by atoms with van der Waals surface area (Å²) in [5.74, 6) is -0.792. The highest BCUT2D eigenvalue weighted by atomic mass is 79.9. The minimum atomic E-state index is -1.18. The van der Waals surface area contributed by atoms with E-state index in [9.17, 15) is 14.7 Å². The van der Waals surface area contributed by atoms with E-state index in [1.54, 1.807) is 12.1 Å². The number of hydrogen-bond acceptors (Lipinski definition) is 4. The second-order valence-corrected chi connectivity index (χ2v) is 8.88. The Labute approximate surface area is 198 Å². The summed E-state index contributed by atoms with van der Waals surface area (Å²) in [6.45, 7) is 0.116. The molecule has 6 nitrogen and oxygen atoms in total. The molecule has 1 heterocycles. The maximum atomic E-state index is 12.5. The van der Waals surface area contributed by atoms with Gasteiger partial charge in [0, 0.05) is 22.2 Å². The van der Waals surface area contributed by atoms with Gasteiger partial charge in [-0.2, -0.15) is 0 Å². The number of amides is 1. The van der Waals surface area contributed by atoms with Crippen molar-refractivity contribution in [1.82, 2.24) is 5.32 Å². The lowest BCUT2D eigenvalue weighted by atomic mass is 9.98. The molecule has 0 saturated carbocycles. The van der Waals surface area contributed by atoms with Gasteiger partial charge in [-0.25, -0.2) is 9.59 Å². The van der Waals surface area contributed by atoms with Crippen LogP contribution in [0.15, 0.2) is 81.7 Å². The minimum absolute atomic E-state index is 0.00578. The SMILES string of the molecule is O=C(NC(Cc1cc2cc(Br)ccc2o1)C(=O)O)OCC1c2ccccc2-c2ccccc21. The first-order valence-electron chi connectivity index (χ1n) is 10.5. The third-order valence-corrected chi connectivity index (χ3v) is 6.36. The number of furan rings is 1. The summed E-state index contributed by atoms with van der Waals surface area (Å²) in [6, 6.07) is 22.2. The Bertz CT molecular complexity index is 1320. The second kappa shape index (κ2) is 8.75. The Morgan fingerprint density at radius 1 is 1.00 bits per heavy atom. The first-order valence-corrected chi connectivity index (χ1v) is 11.3. The van der Waals surface area contributed by atoms with Crippen LogP contribution in [0.2, 0.25) is 0 Å². The van der Waals surface area contributed by atoms with Crippen LogP contribution in [-0.4, -0.2) is 29.8 Å². The zero-order valence-electron chi connectivity index (χ0n) is 17.5. The molecular weight excluding hydrogens is 486 g/mol. The summed E-state index contributed by atoms with van der Waals surface area (Å²) in [6.07, 6.45) is -0.769. The first kappa shape index (κ1) is 21.3. The van der Waals surface area contributed by atoms with E-state index in [-0.39, 0.29) is 18.9 Å². The third kappa shape index (κ3) is 4.24. The first-order chi connectivity index (χ1) is 16.0. The second-order valence-electron chi connectivity index (χ2n) is 7.96. The van der Waals surface area contributed by atoms with Crippen LogP contribution in [0.3, 0.4) is 0 Å². The molecule has 3 aromatic carbocycles. The van der Waals surface area contributed by atoms with Crippen molar-refractivity contribution in [2.75, 3.05) is 6.61 Å². The van der Waals surface area contributed by atoms with Gasteiger partial charge in [-0.15, -0.1) is 0 Å². The maximum Gasteiger partial charge on any atom is 0.407 e. The molecule has 5 rings (SSSR count). The van der Waals surface area contributed by atoms with E-state index in [1.807, 2.05) is 48.5 Å². The topological polar surface area (TPSA) is 88.8 Å². The Morgan fingerprint density at radius 3 is 2.33 bits per heavy atom. The fourth-order valence-electron chi connectivity index (χ4n) is 4.35. The number of ether oxygens (including phenoxy) is 1. The summed E-state index contributed by atoms with van der Waals surface area (Å²) in [7, 11) is 0. The van der Waals surface area contributed by atoms with Crippen molar-refractivity contribution in [3.63, 3.8) is 0 Å². The number of carboxylic acids is 1. The fraction of sp³-hybridized carbons (Fsp3) is 0.154. The van der Waals surface area contributed by atoms with E-state index in [0.29, 0.717) is 11.3 Å². The van der Waals surface area contributed by atoms with Gasteiger partial charge in [0.25, 0.3) is 0 Å². The van der Waals surface area contributed by atoms with E-state index < -0.39 is 18.1 Å². The van der Waals surface area contributed by atoms with Gasteiger partial charge in [0.15, 0.2) is 0 Å². The normalized spacial score (nSPS) is 13.4.